The molecular weight excluding hydrogens is 260 g/mol. The molecule has 1 aliphatic heterocycles. The molecule has 0 aromatic heterocycles. The van der Waals surface area contributed by atoms with Crippen LogP contribution in [-0.4, -0.2) is 53.7 Å². The normalized spacial score (nSPS) is 22.7. The van der Waals surface area contributed by atoms with E-state index in [1.807, 2.05) is 46.2 Å². The van der Waals surface area contributed by atoms with E-state index >= 15 is 0 Å². The van der Waals surface area contributed by atoms with Crippen molar-refractivity contribution in [2.24, 2.45) is 0 Å². The summed E-state index contributed by atoms with van der Waals surface area (Å²) in [5.74, 6) is 0. The van der Waals surface area contributed by atoms with E-state index in [0.717, 1.165) is 17.9 Å². The lowest BCUT2D eigenvalue weighted by Gasteiger charge is -2.26. The Bertz CT molecular complexity index is 415. The Morgan fingerprint density at radius 2 is 1.61 bits per heavy atom. The van der Waals surface area contributed by atoms with Crippen molar-refractivity contribution in [3.05, 3.63) is 0 Å². The smallest absolute Gasteiger partial charge is 0.237 e. The third-order valence-corrected chi connectivity index (χ3v) is 3.83. The zero-order valence-electron chi connectivity index (χ0n) is 11.8. The van der Waals surface area contributed by atoms with Gasteiger partial charge >= 0.3 is 0 Å². The van der Waals surface area contributed by atoms with E-state index < -0.39 is 16.1 Å². The molecular formula is C10H21N2O5S. The molecule has 8 heteroatoms. The first-order valence-corrected chi connectivity index (χ1v) is 6.68. The minimum absolute atomic E-state index is 0.363. The van der Waals surface area contributed by atoms with Gasteiger partial charge in [-0.25, -0.2) is 13.0 Å². The Labute approximate surface area is 109 Å². The van der Waals surface area contributed by atoms with E-state index in [-0.39, 0.29) is 5.54 Å². The standard InChI is InChI=1S/C9H18N2O.CH4O4S/c1-7-8(2,3)11(12)9(4,5)10(7)6;1-5-6(2,3)4/h1-6H3;1H3,(H,2,3,4)/q+1;/p-1. The van der Waals surface area contributed by atoms with Crippen LogP contribution in [0.3, 0.4) is 0 Å². The Hall–Kier alpha value is -0.540. The molecule has 0 bridgehead atoms. The molecule has 0 saturated heterocycles. The lowest BCUT2D eigenvalue weighted by Crippen LogP contribution is -2.50. The second-order valence-corrected chi connectivity index (χ2v) is 6.22. The van der Waals surface area contributed by atoms with Gasteiger partial charge in [-0.2, -0.15) is 0 Å². The highest BCUT2D eigenvalue weighted by molar-refractivity contribution is 7.80. The summed E-state index contributed by atoms with van der Waals surface area (Å²) in [4.78, 5) is 0. The zero-order chi connectivity index (χ0) is 14.9. The zero-order valence-corrected chi connectivity index (χ0v) is 12.7. The second-order valence-electron chi connectivity index (χ2n) is 5.07. The molecule has 0 unspecified atom stereocenters. The fourth-order valence-corrected chi connectivity index (χ4v) is 1.79. The Balaban J connectivity index is 0.000000411. The van der Waals surface area contributed by atoms with E-state index in [1.165, 1.54) is 0 Å². The lowest BCUT2D eigenvalue weighted by atomic mass is 10.0. The third-order valence-electron chi connectivity index (χ3n) is 3.42. The third kappa shape index (κ3) is 3.48. The van der Waals surface area contributed by atoms with Crippen LogP contribution >= 0.6 is 0 Å². The molecule has 1 rings (SSSR count). The van der Waals surface area contributed by atoms with Crippen LogP contribution in [0.15, 0.2) is 0 Å². The van der Waals surface area contributed by atoms with Crippen molar-refractivity contribution in [2.45, 2.75) is 45.8 Å². The van der Waals surface area contributed by atoms with Gasteiger partial charge in [-0.05, 0) is 13.8 Å². The molecule has 0 saturated carbocycles. The summed E-state index contributed by atoms with van der Waals surface area (Å²) in [6.07, 6.45) is 0. The van der Waals surface area contributed by atoms with Crippen molar-refractivity contribution in [3.8, 4) is 0 Å². The molecule has 7 nitrogen and oxygen atoms in total. The minimum Gasteiger partial charge on any atom is -0.726 e. The molecule has 0 atom stereocenters. The van der Waals surface area contributed by atoms with Crippen molar-refractivity contribution in [3.63, 3.8) is 0 Å². The maximum atomic E-state index is 11.8. The number of hydrogen-bond acceptors (Lipinski definition) is 5. The van der Waals surface area contributed by atoms with Crippen LogP contribution in [0.4, 0.5) is 0 Å². The summed E-state index contributed by atoms with van der Waals surface area (Å²) in [7, 11) is -1.64. The largest absolute Gasteiger partial charge is 0.726 e. The van der Waals surface area contributed by atoms with E-state index in [9.17, 15) is 18.2 Å². The van der Waals surface area contributed by atoms with Gasteiger partial charge < -0.3 is 4.55 Å². The number of nitrogens with zero attached hydrogens (tertiary/aromatic N) is 2. The molecule has 0 fully saturated rings. The van der Waals surface area contributed by atoms with Gasteiger partial charge in [-0.1, -0.05) is 5.06 Å². The van der Waals surface area contributed by atoms with Crippen LogP contribution in [0.5, 0.6) is 0 Å². The maximum Gasteiger partial charge on any atom is 0.237 e. The number of hydrogen-bond donors (Lipinski definition) is 0. The molecule has 18 heavy (non-hydrogen) atoms. The van der Waals surface area contributed by atoms with Crippen molar-refractivity contribution >= 4 is 16.1 Å². The van der Waals surface area contributed by atoms with Crippen molar-refractivity contribution in [2.75, 3.05) is 14.2 Å². The SMILES string of the molecule is CC1=[N+](C)C(C)(C)N([O])C1(C)C.COS(=O)(=O)[O-]. The molecule has 0 amide bonds. The second kappa shape index (κ2) is 5.22. The minimum atomic E-state index is -4.41. The highest BCUT2D eigenvalue weighted by Crippen LogP contribution is 2.31. The maximum absolute atomic E-state index is 11.8. The average molecular weight is 281 g/mol. The molecule has 0 N–H and O–H groups in total. The Kier molecular flexibility index (Phi) is 5.06. The van der Waals surface area contributed by atoms with Crippen LogP contribution in [0, 0.1) is 0 Å². The summed E-state index contributed by atoms with van der Waals surface area (Å²) in [5, 5.41) is 13.0. The summed E-state index contributed by atoms with van der Waals surface area (Å²) < 4.78 is 33.1. The highest BCUT2D eigenvalue weighted by Gasteiger charge is 2.55. The molecule has 0 aromatic rings. The van der Waals surface area contributed by atoms with Gasteiger partial charge in [-0.15, -0.1) is 5.21 Å². The predicted molar refractivity (Wildman–Crippen MR) is 64.3 cm³/mol. The van der Waals surface area contributed by atoms with Crippen LogP contribution in [0.2, 0.25) is 0 Å². The van der Waals surface area contributed by atoms with Gasteiger partial charge in [0.2, 0.25) is 16.1 Å². The molecule has 1 aliphatic rings. The number of rotatable bonds is 1. The summed E-state index contributed by atoms with van der Waals surface area (Å²) in [6.45, 7) is 9.82. The van der Waals surface area contributed by atoms with Crippen molar-refractivity contribution in [1.82, 2.24) is 5.06 Å². The van der Waals surface area contributed by atoms with Crippen molar-refractivity contribution in [1.29, 1.82) is 0 Å². The first-order valence-electron chi connectivity index (χ1n) is 5.35. The van der Waals surface area contributed by atoms with Gasteiger partial charge in [0.1, 0.15) is 12.6 Å². The van der Waals surface area contributed by atoms with Gasteiger partial charge in [0.15, 0.2) is 5.71 Å². The van der Waals surface area contributed by atoms with Gasteiger partial charge in [0.25, 0.3) is 0 Å². The Morgan fingerprint density at radius 1 is 1.28 bits per heavy atom. The van der Waals surface area contributed by atoms with Gasteiger partial charge in [0.05, 0.1) is 7.11 Å². The summed E-state index contributed by atoms with van der Waals surface area (Å²) in [5.41, 5.74) is 0.355. The fourth-order valence-electron chi connectivity index (χ4n) is 1.79. The van der Waals surface area contributed by atoms with E-state index in [2.05, 4.69) is 4.18 Å². The summed E-state index contributed by atoms with van der Waals surface area (Å²) in [6, 6.07) is 0. The fraction of sp³-hybridized carbons (Fsp3) is 0.900. The summed E-state index contributed by atoms with van der Waals surface area (Å²) >= 11 is 0. The highest BCUT2D eigenvalue weighted by atomic mass is 32.3. The molecule has 1 radical (unpaired) electrons. The molecule has 0 spiro atoms. The predicted octanol–water partition coefficient (Wildman–Crippen LogP) is 0.358. The average Bonchev–Trinajstić information content (AvgIpc) is 2.33. The van der Waals surface area contributed by atoms with Crippen LogP contribution in [0.1, 0.15) is 34.6 Å². The van der Waals surface area contributed by atoms with Crippen molar-refractivity contribution < 1.29 is 26.9 Å². The van der Waals surface area contributed by atoms with Crippen LogP contribution in [-0.2, 0) is 19.8 Å². The monoisotopic (exact) mass is 281 g/mol. The quantitative estimate of drug-likeness (QED) is 0.393. The van der Waals surface area contributed by atoms with Gasteiger partial charge in [0, 0.05) is 20.8 Å². The lowest BCUT2D eigenvalue weighted by molar-refractivity contribution is -0.615. The van der Waals surface area contributed by atoms with E-state index in [4.69, 9.17) is 0 Å². The van der Waals surface area contributed by atoms with E-state index in [0.29, 0.717) is 0 Å². The Morgan fingerprint density at radius 3 is 1.67 bits per heavy atom. The van der Waals surface area contributed by atoms with Gasteiger partial charge in [-0.3, -0.25) is 4.18 Å². The number of hydroxylamine groups is 2. The topological polar surface area (TPSA) is 92.6 Å². The molecule has 107 valence electrons. The molecule has 1 heterocycles. The molecule has 0 aromatic carbocycles. The van der Waals surface area contributed by atoms with E-state index in [1.54, 1.807) is 0 Å². The first-order chi connectivity index (χ1) is 7.78. The first kappa shape index (κ1) is 17.5. The van der Waals surface area contributed by atoms with Crippen LogP contribution in [0.25, 0.3) is 0 Å². The van der Waals surface area contributed by atoms with Crippen LogP contribution < -0.4 is 0 Å². The molecule has 0 aliphatic carbocycles.